The Bertz CT molecular complexity index is 631. The van der Waals surface area contributed by atoms with Crippen LogP contribution in [0.2, 0.25) is 0 Å². The molecular weight excluding hydrogens is 433 g/mol. The monoisotopic (exact) mass is 445 g/mol. The Balaban J connectivity index is 1.92. The fourth-order valence-electron chi connectivity index (χ4n) is 1.63. The summed E-state index contributed by atoms with van der Waals surface area (Å²) >= 11 is 5.57. The van der Waals surface area contributed by atoms with Crippen molar-refractivity contribution in [3.63, 3.8) is 0 Å². The van der Waals surface area contributed by atoms with Gasteiger partial charge >= 0.3 is 0 Å². The minimum atomic E-state index is -0.174. The van der Waals surface area contributed by atoms with Gasteiger partial charge in [0.05, 0.1) is 5.69 Å². The van der Waals surface area contributed by atoms with Crippen LogP contribution in [0.4, 0.5) is 5.69 Å². The standard InChI is InChI=1S/C15H13BrINO2/c1-10-3-2-4-12(7-10)20-9-15(19)18-14-6-5-11(16)8-13(14)17/h2-8H,9H2,1H3,(H,18,19). The molecule has 2 aromatic carbocycles. The van der Waals surface area contributed by atoms with Crippen LogP contribution in [0.25, 0.3) is 0 Å². The lowest BCUT2D eigenvalue weighted by Gasteiger charge is -2.09. The van der Waals surface area contributed by atoms with E-state index >= 15 is 0 Å². The van der Waals surface area contributed by atoms with Gasteiger partial charge in [-0.3, -0.25) is 4.79 Å². The van der Waals surface area contributed by atoms with E-state index in [1.54, 1.807) is 0 Å². The molecule has 0 spiro atoms. The number of carbonyl (C=O) groups is 1. The summed E-state index contributed by atoms with van der Waals surface area (Å²) < 4.78 is 7.42. The largest absolute Gasteiger partial charge is 0.484 e. The number of hydrogen-bond acceptors (Lipinski definition) is 2. The van der Waals surface area contributed by atoms with Crippen LogP contribution in [0.15, 0.2) is 46.9 Å². The molecule has 0 atom stereocenters. The first kappa shape index (κ1) is 15.3. The predicted octanol–water partition coefficient (Wildman–Crippen LogP) is 4.38. The average Bonchev–Trinajstić information content (AvgIpc) is 2.40. The molecule has 0 aliphatic carbocycles. The van der Waals surface area contributed by atoms with Crippen LogP contribution in [0.5, 0.6) is 5.75 Å². The summed E-state index contributed by atoms with van der Waals surface area (Å²) in [5.74, 6) is 0.525. The first-order valence-corrected chi connectivity index (χ1v) is 7.86. The Kier molecular flexibility index (Phi) is 5.42. The molecule has 1 N–H and O–H groups in total. The molecule has 0 fully saturated rings. The number of ether oxygens (including phenoxy) is 1. The minimum absolute atomic E-state index is 0.00437. The van der Waals surface area contributed by atoms with E-state index in [0.717, 1.165) is 19.3 Å². The molecule has 0 saturated carbocycles. The molecule has 104 valence electrons. The van der Waals surface area contributed by atoms with Crippen molar-refractivity contribution >= 4 is 50.1 Å². The molecule has 0 aliphatic rings. The highest BCUT2D eigenvalue weighted by Crippen LogP contribution is 2.22. The van der Waals surface area contributed by atoms with Gasteiger partial charge in [0.25, 0.3) is 5.91 Å². The molecule has 0 saturated heterocycles. The number of hydrogen-bond donors (Lipinski definition) is 1. The van der Waals surface area contributed by atoms with Gasteiger partial charge in [-0.2, -0.15) is 0 Å². The highest BCUT2D eigenvalue weighted by atomic mass is 127. The van der Waals surface area contributed by atoms with E-state index < -0.39 is 0 Å². The Morgan fingerprint density at radius 3 is 2.80 bits per heavy atom. The summed E-state index contributed by atoms with van der Waals surface area (Å²) in [6, 6.07) is 13.3. The summed E-state index contributed by atoms with van der Waals surface area (Å²) in [4.78, 5) is 11.9. The summed E-state index contributed by atoms with van der Waals surface area (Å²) in [6.07, 6.45) is 0. The van der Waals surface area contributed by atoms with Gasteiger partial charge in [0.1, 0.15) is 5.75 Å². The number of benzene rings is 2. The lowest BCUT2D eigenvalue weighted by molar-refractivity contribution is -0.118. The van der Waals surface area contributed by atoms with E-state index in [1.807, 2.05) is 49.4 Å². The number of carbonyl (C=O) groups excluding carboxylic acids is 1. The van der Waals surface area contributed by atoms with Crippen LogP contribution in [0.3, 0.4) is 0 Å². The van der Waals surface area contributed by atoms with Crippen LogP contribution in [-0.2, 0) is 4.79 Å². The third kappa shape index (κ3) is 4.49. The predicted molar refractivity (Wildman–Crippen MR) is 92.2 cm³/mol. The summed E-state index contributed by atoms with van der Waals surface area (Å²) in [6.45, 7) is 1.98. The van der Waals surface area contributed by atoms with Crippen molar-refractivity contribution in [3.8, 4) is 5.75 Å². The normalized spacial score (nSPS) is 10.2. The molecule has 0 radical (unpaired) electrons. The van der Waals surface area contributed by atoms with Gasteiger partial charge in [0.15, 0.2) is 6.61 Å². The number of nitrogens with one attached hydrogen (secondary N) is 1. The molecule has 20 heavy (non-hydrogen) atoms. The van der Waals surface area contributed by atoms with E-state index in [9.17, 15) is 4.79 Å². The molecule has 1 amide bonds. The molecule has 0 heterocycles. The Morgan fingerprint density at radius 2 is 2.10 bits per heavy atom. The first-order chi connectivity index (χ1) is 9.54. The number of amides is 1. The van der Waals surface area contributed by atoms with E-state index in [0.29, 0.717) is 5.75 Å². The van der Waals surface area contributed by atoms with Gasteiger partial charge in [-0.05, 0) is 65.4 Å². The number of halogens is 2. The third-order valence-corrected chi connectivity index (χ3v) is 3.95. The zero-order valence-electron chi connectivity index (χ0n) is 10.8. The van der Waals surface area contributed by atoms with E-state index in [2.05, 4.69) is 43.8 Å². The van der Waals surface area contributed by atoms with Crippen molar-refractivity contribution in [1.82, 2.24) is 0 Å². The maximum Gasteiger partial charge on any atom is 0.262 e. The number of rotatable bonds is 4. The van der Waals surface area contributed by atoms with Crippen LogP contribution >= 0.6 is 38.5 Å². The smallest absolute Gasteiger partial charge is 0.262 e. The van der Waals surface area contributed by atoms with Crippen molar-refractivity contribution in [2.75, 3.05) is 11.9 Å². The lowest BCUT2D eigenvalue weighted by atomic mass is 10.2. The van der Waals surface area contributed by atoms with E-state index in [-0.39, 0.29) is 12.5 Å². The minimum Gasteiger partial charge on any atom is -0.484 e. The topological polar surface area (TPSA) is 38.3 Å². The first-order valence-electron chi connectivity index (χ1n) is 5.99. The Morgan fingerprint density at radius 1 is 1.30 bits per heavy atom. The van der Waals surface area contributed by atoms with Gasteiger partial charge < -0.3 is 10.1 Å². The van der Waals surface area contributed by atoms with Gasteiger partial charge in [-0.15, -0.1) is 0 Å². The summed E-state index contributed by atoms with van der Waals surface area (Å²) in [7, 11) is 0. The fourth-order valence-corrected chi connectivity index (χ4v) is 3.07. The Labute approximate surface area is 140 Å². The molecular formula is C15H13BrINO2. The van der Waals surface area contributed by atoms with Crippen LogP contribution in [0, 0.1) is 10.5 Å². The highest BCUT2D eigenvalue weighted by molar-refractivity contribution is 14.1. The Hall–Kier alpha value is -1.08. The van der Waals surface area contributed by atoms with Crippen molar-refractivity contribution in [1.29, 1.82) is 0 Å². The average molecular weight is 446 g/mol. The second-order valence-corrected chi connectivity index (χ2v) is 6.36. The maximum absolute atomic E-state index is 11.9. The lowest BCUT2D eigenvalue weighted by Crippen LogP contribution is -2.20. The van der Waals surface area contributed by atoms with Crippen molar-refractivity contribution in [3.05, 3.63) is 56.1 Å². The molecule has 2 aromatic rings. The second kappa shape index (κ2) is 7.08. The quantitative estimate of drug-likeness (QED) is 0.709. The maximum atomic E-state index is 11.9. The third-order valence-electron chi connectivity index (χ3n) is 2.56. The summed E-state index contributed by atoms with van der Waals surface area (Å²) in [5.41, 5.74) is 1.89. The number of anilines is 1. The van der Waals surface area contributed by atoms with Crippen molar-refractivity contribution < 1.29 is 9.53 Å². The SMILES string of the molecule is Cc1cccc(OCC(=O)Nc2ccc(Br)cc2I)c1. The van der Waals surface area contributed by atoms with Crippen LogP contribution in [0.1, 0.15) is 5.56 Å². The molecule has 5 heteroatoms. The van der Waals surface area contributed by atoms with Crippen LogP contribution < -0.4 is 10.1 Å². The zero-order chi connectivity index (χ0) is 14.5. The van der Waals surface area contributed by atoms with Crippen molar-refractivity contribution in [2.45, 2.75) is 6.92 Å². The van der Waals surface area contributed by atoms with Gasteiger partial charge in [-0.25, -0.2) is 0 Å². The van der Waals surface area contributed by atoms with E-state index in [4.69, 9.17) is 4.74 Å². The molecule has 0 bridgehead atoms. The molecule has 0 aliphatic heterocycles. The molecule has 2 rings (SSSR count). The second-order valence-electron chi connectivity index (χ2n) is 4.28. The number of aryl methyl sites for hydroxylation is 1. The fraction of sp³-hybridized carbons (Fsp3) is 0.133. The van der Waals surface area contributed by atoms with Gasteiger partial charge in [0, 0.05) is 8.04 Å². The zero-order valence-corrected chi connectivity index (χ0v) is 14.6. The highest BCUT2D eigenvalue weighted by Gasteiger charge is 2.07. The van der Waals surface area contributed by atoms with Gasteiger partial charge in [0.2, 0.25) is 0 Å². The van der Waals surface area contributed by atoms with Crippen LogP contribution in [-0.4, -0.2) is 12.5 Å². The van der Waals surface area contributed by atoms with Gasteiger partial charge in [-0.1, -0.05) is 28.1 Å². The molecule has 3 nitrogen and oxygen atoms in total. The summed E-state index contributed by atoms with van der Waals surface area (Å²) in [5, 5.41) is 2.83. The molecule has 0 aromatic heterocycles. The van der Waals surface area contributed by atoms with E-state index in [1.165, 1.54) is 0 Å². The molecule has 0 unspecified atom stereocenters. The van der Waals surface area contributed by atoms with Crippen molar-refractivity contribution in [2.24, 2.45) is 0 Å².